The molecule has 1 aromatic carbocycles. The van der Waals surface area contributed by atoms with E-state index in [1.54, 1.807) is 7.11 Å². The van der Waals surface area contributed by atoms with Crippen molar-refractivity contribution in [2.24, 2.45) is 0 Å². The quantitative estimate of drug-likeness (QED) is 0.862. The van der Waals surface area contributed by atoms with Gasteiger partial charge in [0, 0.05) is 38.9 Å². The molecule has 0 atom stereocenters. The first-order valence-corrected chi connectivity index (χ1v) is 8.30. The summed E-state index contributed by atoms with van der Waals surface area (Å²) in [5.41, 5.74) is 1.92. The highest BCUT2D eigenvalue weighted by molar-refractivity contribution is 5.77. The molecule has 1 aliphatic heterocycles. The molecule has 0 radical (unpaired) electrons. The van der Waals surface area contributed by atoms with Gasteiger partial charge in [-0.1, -0.05) is 0 Å². The number of carbonyl (C=O) groups excluding carboxylic acids is 1. The number of H-pyrrole nitrogens is 1. The number of hydrogen-bond donors (Lipinski definition) is 1. The third-order valence-corrected chi connectivity index (χ3v) is 4.27. The lowest BCUT2D eigenvalue weighted by molar-refractivity contribution is -0.137. The Labute approximate surface area is 141 Å². The average molecular weight is 332 g/mol. The van der Waals surface area contributed by atoms with Gasteiger partial charge in [0.15, 0.2) is 0 Å². The van der Waals surface area contributed by atoms with Crippen LogP contribution in [-0.2, 0) is 16.1 Å². The molecule has 1 fully saturated rings. The zero-order chi connectivity index (χ0) is 16.9. The molecular formula is C17H24N4O3. The van der Waals surface area contributed by atoms with E-state index in [0.717, 1.165) is 55.3 Å². The zero-order valence-corrected chi connectivity index (χ0v) is 14.2. The highest BCUT2D eigenvalue weighted by Gasteiger charge is 2.21. The van der Waals surface area contributed by atoms with E-state index in [2.05, 4.69) is 14.9 Å². The van der Waals surface area contributed by atoms with Gasteiger partial charge >= 0.3 is 0 Å². The fourth-order valence-electron chi connectivity index (χ4n) is 2.89. The number of fused-ring (bicyclic) bond motifs is 1. The second-order valence-electron chi connectivity index (χ2n) is 5.86. The number of piperazine rings is 1. The first-order valence-electron chi connectivity index (χ1n) is 8.30. The standard InChI is InChI=1S/C17H24N4O3/c1-3-24-12-17(22)21-8-6-20(7-9-21)11-16-18-14-5-4-13(23-2)10-15(14)19-16/h4-5,10H,3,6-9,11-12H2,1-2H3,(H,18,19). The number of nitrogens with zero attached hydrogens (tertiary/aromatic N) is 3. The van der Waals surface area contributed by atoms with Crippen LogP contribution in [0.3, 0.4) is 0 Å². The second kappa shape index (κ2) is 7.63. The first kappa shape index (κ1) is 16.7. The molecule has 7 heteroatoms. The van der Waals surface area contributed by atoms with Gasteiger partial charge in [0.25, 0.3) is 0 Å². The van der Waals surface area contributed by atoms with E-state index in [-0.39, 0.29) is 12.5 Å². The van der Waals surface area contributed by atoms with Gasteiger partial charge in [0.1, 0.15) is 18.2 Å². The lowest BCUT2D eigenvalue weighted by Gasteiger charge is -2.34. The van der Waals surface area contributed by atoms with Crippen molar-refractivity contribution >= 4 is 16.9 Å². The second-order valence-corrected chi connectivity index (χ2v) is 5.86. The van der Waals surface area contributed by atoms with Crippen molar-refractivity contribution in [3.63, 3.8) is 0 Å². The lowest BCUT2D eigenvalue weighted by atomic mass is 10.3. The van der Waals surface area contributed by atoms with Crippen LogP contribution >= 0.6 is 0 Å². The summed E-state index contributed by atoms with van der Waals surface area (Å²) in [6.07, 6.45) is 0. The van der Waals surface area contributed by atoms with Gasteiger partial charge < -0.3 is 19.4 Å². The van der Waals surface area contributed by atoms with Crippen LogP contribution in [-0.4, -0.2) is 72.2 Å². The molecule has 130 valence electrons. The van der Waals surface area contributed by atoms with Crippen molar-refractivity contribution in [1.82, 2.24) is 19.8 Å². The van der Waals surface area contributed by atoms with E-state index in [9.17, 15) is 4.79 Å². The molecule has 0 saturated carbocycles. The number of aromatic nitrogens is 2. The monoisotopic (exact) mass is 332 g/mol. The third-order valence-electron chi connectivity index (χ3n) is 4.27. The van der Waals surface area contributed by atoms with Crippen LogP contribution in [0.15, 0.2) is 18.2 Å². The number of hydrogen-bond acceptors (Lipinski definition) is 5. The van der Waals surface area contributed by atoms with E-state index < -0.39 is 0 Å². The van der Waals surface area contributed by atoms with Crippen molar-refractivity contribution in [3.05, 3.63) is 24.0 Å². The summed E-state index contributed by atoms with van der Waals surface area (Å²) in [7, 11) is 1.66. The predicted octanol–water partition coefficient (Wildman–Crippen LogP) is 1.25. The lowest BCUT2D eigenvalue weighted by Crippen LogP contribution is -2.49. The Balaban J connectivity index is 1.55. The molecular weight excluding hydrogens is 308 g/mol. The molecule has 0 spiro atoms. The largest absolute Gasteiger partial charge is 0.497 e. The minimum Gasteiger partial charge on any atom is -0.497 e. The number of rotatable bonds is 6. The third kappa shape index (κ3) is 3.85. The van der Waals surface area contributed by atoms with Crippen LogP contribution in [0.25, 0.3) is 11.0 Å². The van der Waals surface area contributed by atoms with Gasteiger partial charge in [-0.05, 0) is 19.1 Å². The van der Waals surface area contributed by atoms with E-state index in [0.29, 0.717) is 6.61 Å². The Kier molecular flexibility index (Phi) is 5.32. The van der Waals surface area contributed by atoms with E-state index in [1.165, 1.54) is 0 Å². The first-order chi connectivity index (χ1) is 11.7. The summed E-state index contributed by atoms with van der Waals surface area (Å²) in [4.78, 5) is 24.1. The Morgan fingerprint density at radius 1 is 1.29 bits per heavy atom. The summed E-state index contributed by atoms with van der Waals surface area (Å²) in [5.74, 6) is 1.83. The molecule has 7 nitrogen and oxygen atoms in total. The minimum atomic E-state index is 0.0762. The highest BCUT2D eigenvalue weighted by Crippen LogP contribution is 2.19. The molecule has 0 aliphatic carbocycles. The Morgan fingerprint density at radius 2 is 2.08 bits per heavy atom. The number of aromatic amines is 1. The minimum absolute atomic E-state index is 0.0762. The number of ether oxygens (including phenoxy) is 2. The predicted molar refractivity (Wildman–Crippen MR) is 91.0 cm³/mol. The summed E-state index contributed by atoms with van der Waals surface area (Å²) in [5, 5.41) is 0. The van der Waals surface area contributed by atoms with Gasteiger partial charge in [-0.25, -0.2) is 4.98 Å². The molecule has 24 heavy (non-hydrogen) atoms. The van der Waals surface area contributed by atoms with Crippen molar-refractivity contribution in [1.29, 1.82) is 0 Å². The molecule has 1 saturated heterocycles. The van der Waals surface area contributed by atoms with Crippen molar-refractivity contribution < 1.29 is 14.3 Å². The highest BCUT2D eigenvalue weighted by atomic mass is 16.5. The van der Waals surface area contributed by atoms with Gasteiger partial charge in [0.2, 0.25) is 5.91 Å². The SMILES string of the molecule is CCOCC(=O)N1CCN(Cc2nc3ccc(OC)cc3[nH]2)CC1. The maximum atomic E-state index is 12.0. The van der Waals surface area contributed by atoms with Crippen LogP contribution < -0.4 is 4.74 Å². The Morgan fingerprint density at radius 3 is 2.79 bits per heavy atom. The molecule has 0 unspecified atom stereocenters. The smallest absolute Gasteiger partial charge is 0.248 e. The molecule has 1 amide bonds. The van der Waals surface area contributed by atoms with Gasteiger partial charge in [-0.3, -0.25) is 9.69 Å². The number of carbonyl (C=O) groups is 1. The normalized spacial score (nSPS) is 15.8. The zero-order valence-electron chi connectivity index (χ0n) is 14.2. The van der Waals surface area contributed by atoms with Gasteiger partial charge in [-0.15, -0.1) is 0 Å². The van der Waals surface area contributed by atoms with Gasteiger partial charge in [-0.2, -0.15) is 0 Å². The Bertz CT molecular complexity index is 692. The van der Waals surface area contributed by atoms with Crippen molar-refractivity contribution in [2.75, 3.05) is 46.5 Å². The maximum absolute atomic E-state index is 12.0. The number of imidazole rings is 1. The topological polar surface area (TPSA) is 70.7 Å². The molecule has 1 N–H and O–H groups in total. The molecule has 0 bridgehead atoms. The number of amides is 1. The molecule has 1 aromatic heterocycles. The fourth-order valence-corrected chi connectivity index (χ4v) is 2.89. The molecule has 2 heterocycles. The number of methoxy groups -OCH3 is 1. The van der Waals surface area contributed by atoms with Crippen molar-refractivity contribution in [3.8, 4) is 5.75 Å². The number of nitrogens with one attached hydrogen (secondary N) is 1. The summed E-state index contributed by atoms with van der Waals surface area (Å²) in [6, 6.07) is 5.82. The summed E-state index contributed by atoms with van der Waals surface area (Å²) < 4.78 is 10.4. The fraction of sp³-hybridized carbons (Fsp3) is 0.529. The van der Waals surface area contributed by atoms with Crippen LogP contribution in [0.4, 0.5) is 0 Å². The summed E-state index contributed by atoms with van der Waals surface area (Å²) >= 11 is 0. The van der Waals surface area contributed by atoms with E-state index in [4.69, 9.17) is 9.47 Å². The number of benzene rings is 1. The average Bonchev–Trinajstić information content (AvgIpc) is 3.01. The Hall–Kier alpha value is -2.12. The molecule has 3 rings (SSSR count). The summed E-state index contributed by atoms with van der Waals surface area (Å²) in [6.45, 7) is 6.57. The van der Waals surface area contributed by atoms with Crippen LogP contribution in [0.1, 0.15) is 12.7 Å². The van der Waals surface area contributed by atoms with E-state index in [1.807, 2.05) is 30.0 Å². The maximum Gasteiger partial charge on any atom is 0.248 e. The molecule has 1 aliphatic rings. The van der Waals surface area contributed by atoms with Crippen LogP contribution in [0.2, 0.25) is 0 Å². The van der Waals surface area contributed by atoms with Crippen LogP contribution in [0.5, 0.6) is 5.75 Å². The molecule has 2 aromatic rings. The van der Waals surface area contributed by atoms with Gasteiger partial charge in [0.05, 0.1) is 24.7 Å². The van der Waals surface area contributed by atoms with Crippen LogP contribution in [0, 0.1) is 0 Å². The van der Waals surface area contributed by atoms with Crippen molar-refractivity contribution in [2.45, 2.75) is 13.5 Å². The van der Waals surface area contributed by atoms with E-state index >= 15 is 0 Å².